The predicted molar refractivity (Wildman–Crippen MR) is 110 cm³/mol. The van der Waals surface area contributed by atoms with E-state index >= 15 is 0 Å². The zero-order chi connectivity index (χ0) is 18.6. The van der Waals surface area contributed by atoms with E-state index in [1.54, 1.807) is 0 Å². The summed E-state index contributed by atoms with van der Waals surface area (Å²) in [6, 6.07) is 15.1. The molecule has 0 saturated carbocycles. The van der Waals surface area contributed by atoms with Gasteiger partial charge in [-0.15, -0.1) is 12.4 Å². The van der Waals surface area contributed by atoms with E-state index in [9.17, 15) is 4.79 Å². The normalized spacial score (nSPS) is 13.3. The summed E-state index contributed by atoms with van der Waals surface area (Å²) in [5.41, 5.74) is 8.54. The minimum Gasteiger partial charge on any atom is -0.486 e. The fourth-order valence-corrected chi connectivity index (χ4v) is 2.45. The molecule has 142 valence electrons. The maximum atomic E-state index is 12.3. The smallest absolute Gasteiger partial charge is 0.241 e. The number of ether oxygens (including phenoxy) is 1. The Balaban J connectivity index is 0.00000338. The van der Waals surface area contributed by atoms with Crippen molar-refractivity contribution in [1.29, 1.82) is 0 Å². The summed E-state index contributed by atoms with van der Waals surface area (Å²) >= 11 is 0. The average Bonchev–Trinajstić information content (AvgIpc) is 2.56. The van der Waals surface area contributed by atoms with Crippen LogP contribution in [0.15, 0.2) is 48.5 Å². The molecule has 0 saturated heterocycles. The first kappa shape index (κ1) is 22.0. The number of anilines is 1. The van der Waals surface area contributed by atoms with Crippen LogP contribution < -0.4 is 15.8 Å². The van der Waals surface area contributed by atoms with Gasteiger partial charge in [-0.3, -0.25) is 4.79 Å². The van der Waals surface area contributed by atoms with Crippen molar-refractivity contribution in [1.82, 2.24) is 0 Å². The molecule has 0 spiro atoms. The molecule has 3 N–H and O–H groups in total. The molecule has 2 atom stereocenters. The number of carbonyl (C=O) groups excluding carboxylic acids is 1. The number of nitrogens with one attached hydrogen (secondary N) is 1. The molecule has 26 heavy (non-hydrogen) atoms. The molecule has 5 heteroatoms. The van der Waals surface area contributed by atoms with Gasteiger partial charge in [-0.05, 0) is 48.6 Å². The van der Waals surface area contributed by atoms with Crippen molar-refractivity contribution in [2.24, 2.45) is 11.1 Å². The number of benzene rings is 2. The molecule has 0 radical (unpaired) electrons. The Hall–Kier alpha value is -2.04. The molecule has 0 aromatic heterocycles. The van der Waals surface area contributed by atoms with Gasteiger partial charge in [-0.25, -0.2) is 0 Å². The molecule has 2 rings (SSSR count). The Morgan fingerprint density at radius 2 is 1.73 bits per heavy atom. The van der Waals surface area contributed by atoms with Crippen molar-refractivity contribution in [3.63, 3.8) is 0 Å². The van der Waals surface area contributed by atoms with Crippen LogP contribution in [0.25, 0.3) is 0 Å². The number of hydrogen-bond donors (Lipinski definition) is 2. The Morgan fingerprint density at radius 3 is 2.27 bits per heavy atom. The standard InChI is InChI=1S/C21H28N2O2.ClH/c1-14-13-17(25-15(2)16-9-7-6-8-10-16)11-12-18(14)23-20(24)19(22)21(3,4)5;/h6-13,15,19H,22H2,1-5H3,(H,23,24);1H/t15?,19-;/m1./s1. The van der Waals surface area contributed by atoms with Crippen LogP contribution in [0.4, 0.5) is 5.69 Å². The molecule has 0 aliphatic heterocycles. The lowest BCUT2D eigenvalue weighted by Gasteiger charge is -2.26. The van der Waals surface area contributed by atoms with E-state index in [1.807, 2.05) is 83.1 Å². The molecule has 0 bridgehead atoms. The van der Waals surface area contributed by atoms with Crippen molar-refractivity contribution in [3.05, 3.63) is 59.7 Å². The van der Waals surface area contributed by atoms with Gasteiger partial charge in [0.25, 0.3) is 0 Å². The maximum Gasteiger partial charge on any atom is 0.241 e. The molecule has 4 nitrogen and oxygen atoms in total. The lowest BCUT2D eigenvalue weighted by atomic mass is 9.87. The van der Waals surface area contributed by atoms with E-state index in [0.29, 0.717) is 0 Å². The highest BCUT2D eigenvalue weighted by Gasteiger charge is 2.27. The third-order valence-electron chi connectivity index (χ3n) is 4.25. The van der Waals surface area contributed by atoms with Gasteiger partial charge >= 0.3 is 0 Å². The van der Waals surface area contributed by atoms with Crippen LogP contribution in [0.2, 0.25) is 0 Å². The van der Waals surface area contributed by atoms with E-state index in [1.165, 1.54) is 0 Å². The van der Waals surface area contributed by atoms with Gasteiger partial charge in [0.2, 0.25) is 5.91 Å². The van der Waals surface area contributed by atoms with E-state index in [-0.39, 0.29) is 29.8 Å². The van der Waals surface area contributed by atoms with Crippen molar-refractivity contribution in [2.45, 2.75) is 46.8 Å². The van der Waals surface area contributed by atoms with Gasteiger partial charge in [0, 0.05) is 5.69 Å². The van der Waals surface area contributed by atoms with E-state index < -0.39 is 6.04 Å². The number of nitrogens with two attached hydrogens (primary N) is 1. The summed E-state index contributed by atoms with van der Waals surface area (Å²) in [6.45, 7) is 9.81. The maximum absolute atomic E-state index is 12.3. The molecule has 2 aromatic rings. The molecular formula is C21H29ClN2O2. The Kier molecular flexibility index (Phi) is 7.67. The van der Waals surface area contributed by atoms with Crippen LogP contribution in [-0.4, -0.2) is 11.9 Å². The van der Waals surface area contributed by atoms with Crippen molar-refractivity contribution >= 4 is 24.0 Å². The molecule has 0 fully saturated rings. The molecule has 0 aliphatic carbocycles. The van der Waals surface area contributed by atoms with Gasteiger partial charge in [-0.1, -0.05) is 51.1 Å². The number of aryl methyl sites for hydroxylation is 1. The van der Waals surface area contributed by atoms with Crippen LogP contribution in [0, 0.1) is 12.3 Å². The second kappa shape index (κ2) is 9.06. The first-order valence-electron chi connectivity index (χ1n) is 8.57. The summed E-state index contributed by atoms with van der Waals surface area (Å²) < 4.78 is 6.01. The summed E-state index contributed by atoms with van der Waals surface area (Å²) in [5, 5.41) is 2.91. The van der Waals surface area contributed by atoms with Crippen LogP contribution in [-0.2, 0) is 4.79 Å². The number of rotatable bonds is 5. The quantitative estimate of drug-likeness (QED) is 0.782. The number of hydrogen-bond acceptors (Lipinski definition) is 3. The summed E-state index contributed by atoms with van der Waals surface area (Å²) in [4.78, 5) is 12.3. The molecule has 0 aliphatic rings. The minimum absolute atomic E-state index is 0. The van der Waals surface area contributed by atoms with Crippen LogP contribution in [0.1, 0.15) is 44.9 Å². The summed E-state index contributed by atoms with van der Waals surface area (Å²) in [5.74, 6) is 0.592. The topological polar surface area (TPSA) is 64.3 Å². The average molecular weight is 377 g/mol. The third kappa shape index (κ3) is 5.75. The largest absolute Gasteiger partial charge is 0.486 e. The van der Waals surface area contributed by atoms with E-state index in [0.717, 1.165) is 22.6 Å². The zero-order valence-corrected chi connectivity index (χ0v) is 16.9. The van der Waals surface area contributed by atoms with Gasteiger partial charge in [0.05, 0.1) is 6.04 Å². The van der Waals surface area contributed by atoms with Crippen molar-refractivity contribution < 1.29 is 9.53 Å². The monoisotopic (exact) mass is 376 g/mol. The van der Waals surface area contributed by atoms with Gasteiger partial charge in [0.15, 0.2) is 0 Å². The molecule has 1 amide bonds. The van der Waals surface area contributed by atoms with E-state index in [2.05, 4.69) is 5.32 Å². The predicted octanol–water partition coefficient (Wildman–Crippen LogP) is 4.87. The number of halogens is 1. The lowest BCUT2D eigenvalue weighted by molar-refractivity contribution is -0.119. The van der Waals surface area contributed by atoms with Crippen LogP contribution in [0.5, 0.6) is 5.75 Å². The molecule has 1 unspecified atom stereocenters. The highest BCUT2D eigenvalue weighted by atomic mass is 35.5. The van der Waals surface area contributed by atoms with Crippen molar-refractivity contribution in [2.75, 3.05) is 5.32 Å². The summed E-state index contributed by atoms with van der Waals surface area (Å²) in [6.07, 6.45) is -0.0460. The Labute approximate surface area is 162 Å². The summed E-state index contributed by atoms with van der Waals surface area (Å²) in [7, 11) is 0. The fourth-order valence-electron chi connectivity index (χ4n) is 2.45. The zero-order valence-electron chi connectivity index (χ0n) is 16.1. The molecule has 2 aromatic carbocycles. The first-order chi connectivity index (χ1) is 11.7. The van der Waals surface area contributed by atoms with E-state index in [4.69, 9.17) is 10.5 Å². The SMILES string of the molecule is Cc1cc(OC(C)c2ccccc2)ccc1NC(=O)[C@@H](N)C(C)(C)C.Cl. The minimum atomic E-state index is -0.569. The first-order valence-corrected chi connectivity index (χ1v) is 8.57. The molecule has 0 heterocycles. The highest BCUT2D eigenvalue weighted by Crippen LogP contribution is 2.27. The Morgan fingerprint density at radius 1 is 1.12 bits per heavy atom. The van der Waals surface area contributed by atoms with Crippen LogP contribution in [0.3, 0.4) is 0 Å². The number of carbonyl (C=O) groups is 1. The fraction of sp³-hybridized carbons (Fsp3) is 0.381. The van der Waals surface area contributed by atoms with Gasteiger partial charge in [0.1, 0.15) is 11.9 Å². The number of amides is 1. The van der Waals surface area contributed by atoms with Crippen LogP contribution >= 0.6 is 12.4 Å². The second-order valence-electron chi connectivity index (χ2n) is 7.48. The van der Waals surface area contributed by atoms with Crippen molar-refractivity contribution in [3.8, 4) is 5.75 Å². The highest BCUT2D eigenvalue weighted by molar-refractivity contribution is 5.95. The molecular weight excluding hydrogens is 348 g/mol. The Bertz CT molecular complexity index is 727. The second-order valence-corrected chi connectivity index (χ2v) is 7.48. The third-order valence-corrected chi connectivity index (χ3v) is 4.25. The van der Waals surface area contributed by atoms with Gasteiger partial charge in [-0.2, -0.15) is 0 Å². The lowest BCUT2D eigenvalue weighted by Crippen LogP contribution is -2.45. The van der Waals surface area contributed by atoms with Gasteiger partial charge < -0.3 is 15.8 Å².